The summed E-state index contributed by atoms with van der Waals surface area (Å²) in [4.78, 5) is 4.51. The minimum absolute atomic E-state index is 0.582. The Morgan fingerprint density at radius 1 is 1.04 bits per heavy atom. The van der Waals surface area contributed by atoms with Crippen molar-refractivity contribution in [2.45, 2.75) is 26.4 Å². The summed E-state index contributed by atoms with van der Waals surface area (Å²) in [5.41, 5.74) is 3.41. The lowest BCUT2D eigenvalue weighted by molar-refractivity contribution is 0.306. The molecule has 0 aliphatic carbocycles. The summed E-state index contributed by atoms with van der Waals surface area (Å²) in [6.07, 6.45) is 8.41. The molecule has 1 aromatic heterocycles. The monoisotopic (exact) mass is 332 g/mol. The molecule has 25 heavy (non-hydrogen) atoms. The highest BCUT2D eigenvalue weighted by Crippen LogP contribution is 2.23. The van der Waals surface area contributed by atoms with Crippen LogP contribution >= 0.6 is 0 Å². The van der Waals surface area contributed by atoms with Crippen LogP contribution in [0.1, 0.15) is 31.2 Å². The number of benzene rings is 2. The first-order valence-electron chi connectivity index (χ1n) is 8.73. The Balaban J connectivity index is 1.68. The molecular formula is C22H24N2O. The van der Waals surface area contributed by atoms with E-state index in [1.54, 1.807) is 0 Å². The van der Waals surface area contributed by atoms with E-state index in [9.17, 15) is 0 Å². The van der Waals surface area contributed by atoms with Crippen molar-refractivity contribution in [3.8, 4) is 17.0 Å². The van der Waals surface area contributed by atoms with E-state index in [1.165, 1.54) is 5.56 Å². The fraction of sp³-hybridized carbons (Fsp3) is 0.227. The van der Waals surface area contributed by atoms with Crippen LogP contribution in [0.2, 0.25) is 0 Å². The van der Waals surface area contributed by atoms with Crippen molar-refractivity contribution in [3.63, 3.8) is 0 Å². The van der Waals surface area contributed by atoms with Crippen LogP contribution in [0.4, 0.5) is 0 Å². The van der Waals surface area contributed by atoms with Crippen LogP contribution < -0.4 is 4.74 Å². The Morgan fingerprint density at radius 3 is 2.52 bits per heavy atom. The lowest BCUT2D eigenvalue weighted by Gasteiger charge is -2.08. The molecule has 0 N–H and O–H groups in total. The normalized spacial score (nSPS) is 11.1. The van der Waals surface area contributed by atoms with Crippen molar-refractivity contribution >= 4 is 6.08 Å². The van der Waals surface area contributed by atoms with Gasteiger partial charge in [-0.25, -0.2) is 4.98 Å². The SMILES string of the molecule is CCCC=Cc1ncc(-c2ccc(OCc3ccccc3)cc2)n1C. The largest absolute Gasteiger partial charge is 0.489 e. The van der Waals surface area contributed by atoms with E-state index in [-0.39, 0.29) is 0 Å². The van der Waals surface area contributed by atoms with Gasteiger partial charge in [-0.3, -0.25) is 0 Å². The van der Waals surface area contributed by atoms with E-state index in [2.05, 4.69) is 52.9 Å². The smallest absolute Gasteiger partial charge is 0.132 e. The Kier molecular flexibility index (Phi) is 5.68. The number of rotatable bonds is 7. The van der Waals surface area contributed by atoms with Crippen molar-refractivity contribution in [2.75, 3.05) is 0 Å². The predicted molar refractivity (Wildman–Crippen MR) is 103 cm³/mol. The molecule has 0 radical (unpaired) electrons. The number of ether oxygens (including phenoxy) is 1. The van der Waals surface area contributed by atoms with Gasteiger partial charge >= 0.3 is 0 Å². The molecular weight excluding hydrogens is 308 g/mol. The fourth-order valence-electron chi connectivity index (χ4n) is 2.67. The van der Waals surface area contributed by atoms with E-state index in [4.69, 9.17) is 4.74 Å². The zero-order valence-electron chi connectivity index (χ0n) is 14.9. The molecule has 0 aliphatic heterocycles. The van der Waals surface area contributed by atoms with E-state index in [0.717, 1.165) is 35.7 Å². The van der Waals surface area contributed by atoms with Crippen LogP contribution in [0.15, 0.2) is 66.9 Å². The van der Waals surface area contributed by atoms with Gasteiger partial charge in [0.15, 0.2) is 0 Å². The maximum absolute atomic E-state index is 5.85. The molecule has 0 amide bonds. The Hall–Kier alpha value is -2.81. The number of nitrogens with zero attached hydrogens (tertiary/aromatic N) is 2. The van der Waals surface area contributed by atoms with Gasteiger partial charge in [0.05, 0.1) is 11.9 Å². The standard InChI is InChI=1S/C22H24N2O/c1-3-4-6-11-22-23-16-21(24(22)2)19-12-14-20(15-13-19)25-17-18-9-7-5-8-10-18/h5-16H,3-4,17H2,1-2H3. The van der Waals surface area contributed by atoms with Gasteiger partial charge in [0.2, 0.25) is 0 Å². The van der Waals surface area contributed by atoms with E-state index >= 15 is 0 Å². The highest BCUT2D eigenvalue weighted by molar-refractivity contribution is 5.62. The number of imidazole rings is 1. The van der Waals surface area contributed by atoms with Crippen molar-refractivity contribution < 1.29 is 4.74 Å². The lowest BCUT2D eigenvalue weighted by Crippen LogP contribution is -1.96. The van der Waals surface area contributed by atoms with E-state index in [1.807, 2.05) is 43.6 Å². The molecule has 3 heteroatoms. The molecule has 0 atom stereocenters. The number of aromatic nitrogens is 2. The topological polar surface area (TPSA) is 27.1 Å². The summed E-state index contributed by atoms with van der Waals surface area (Å²) in [5, 5.41) is 0. The molecule has 1 heterocycles. The summed E-state index contributed by atoms with van der Waals surface area (Å²) < 4.78 is 7.97. The maximum Gasteiger partial charge on any atom is 0.132 e. The van der Waals surface area contributed by atoms with Crippen LogP contribution in [-0.2, 0) is 13.7 Å². The van der Waals surface area contributed by atoms with Crippen molar-refractivity contribution in [1.82, 2.24) is 9.55 Å². The summed E-state index contributed by atoms with van der Waals surface area (Å²) in [5.74, 6) is 1.85. The number of hydrogen-bond acceptors (Lipinski definition) is 2. The van der Waals surface area contributed by atoms with Crippen LogP contribution in [0.3, 0.4) is 0 Å². The summed E-state index contributed by atoms with van der Waals surface area (Å²) >= 11 is 0. The fourth-order valence-corrected chi connectivity index (χ4v) is 2.67. The zero-order chi connectivity index (χ0) is 17.5. The highest BCUT2D eigenvalue weighted by atomic mass is 16.5. The molecule has 0 spiro atoms. The second kappa shape index (κ2) is 8.34. The van der Waals surface area contributed by atoms with Crippen molar-refractivity contribution in [3.05, 3.63) is 78.3 Å². The molecule has 0 saturated carbocycles. The molecule has 0 bridgehead atoms. The van der Waals surface area contributed by atoms with Gasteiger partial charge in [-0.2, -0.15) is 0 Å². The molecule has 3 rings (SSSR count). The summed E-state index contributed by atoms with van der Waals surface area (Å²) in [6.45, 7) is 2.76. The van der Waals surface area contributed by atoms with Gasteiger partial charge in [-0.15, -0.1) is 0 Å². The molecule has 3 aromatic rings. The molecule has 0 unspecified atom stereocenters. The molecule has 128 valence electrons. The van der Waals surface area contributed by atoms with Gasteiger partial charge < -0.3 is 9.30 Å². The van der Waals surface area contributed by atoms with E-state index < -0.39 is 0 Å². The third-order valence-corrected chi connectivity index (χ3v) is 4.14. The Morgan fingerprint density at radius 2 is 1.80 bits per heavy atom. The van der Waals surface area contributed by atoms with Gasteiger partial charge in [0, 0.05) is 12.6 Å². The van der Waals surface area contributed by atoms with Crippen LogP contribution in [0.25, 0.3) is 17.3 Å². The number of hydrogen-bond donors (Lipinski definition) is 0. The molecule has 0 fully saturated rings. The molecule has 3 nitrogen and oxygen atoms in total. The second-order valence-electron chi connectivity index (χ2n) is 6.05. The quantitative estimate of drug-likeness (QED) is 0.573. The Bertz CT molecular complexity index is 817. The second-order valence-corrected chi connectivity index (χ2v) is 6.05. The first kappa shape index (κ1) is 17.0. The maximum atomic E-state index is 5.85. The first-order valence-corrected chi connectivity index (χ1v) is 8.73. The van der Waals surface area contributed by atoms with Gasteiger partial charge in [0.25, 0.3) is 0 Å². The Labute approximate surface area is 149 Å². The van der Waals surface area contributed by atoms with Gasteiger partial charge in [-0.1, -0.05) is 49.8 Å². The van der Waals surface area contributed by atoms with Crippen LogP contribution in [0, 0.1) is 0 Å². The number of unbranched alkanes of at least 4 members (excludes halogenated alkanes) is 1. The third kappa shape index (κ3) is 4.38. The summed E-state index contributed by atoms with van der Waals surface area (Å²) in [6, 6.07) is 18.4. The minimum Gasteiger partial charge on any atom is -0.489 e. The van der Waals surface area contributed by atoms with Gasteiger partial charge in [-0.05, 0) is 42.3 Å². The number of allylic oxidation sites excluding steroid dienone is 1. The predicted octanol–water partition coefficient (Wildman–Crippen LogP) is 5.48. The zero-order valence-corrected chi connectivity index (χ0v) is 14.9. The van der Waals surface area contributed by atoms with Gasteiger partial charge in [0.1, 0.15) is 18.2 Å². The van der Waals surface area contributed by atoms with Crippen molar-refractivity contribution in [1.29, 1.82) is 0 Å². The van der Waals surface area contributed by atoms with Crippen molar-refractivity contribution in [2.24, 2.45) is 7.05 Å². The highest BCUT2D eigenvalue weighted by Gasteiger charge is 2.07. The molecule has 2 aromatic carbocycles. The first-order chi connectivity index (χ1) is 12.3. The minimum atomic E-state index is 0.582. The van der Waals surface area contributed by atoms with Crippen LogP contribution in [0.5, 0.6) is 5.75 Å². The summed E-state index contributed by atoms with van der Waals surface area (Å²) in [7, 11) is 2.05. The van der Waals surface area contributed by atoms with E-state index in [0.29, 0.717) is 6.61 Å². The average molecular weight is 332 g/mol. The average Bonchev–Trinajstić information content (AvgIpc) is 3.02. The molecule has 0 saturated heterocycles. The lowest BCUT2D eigenvalue weighted by atomic mass is 10.1. The molecule has 0 aliphatic rings. The van der Waals surface area contributed by atoms with Crippen LogP contribution in [-0.4, -0.2) is 9.55 Å². The third-order valence-electron chi connectivity index (χ3n) is 4.14.